The molecule has 0 spiro atoms. The third-order valence-electron chi connectivity index (χ3n) is 5.44. The van der Waals surface area contributed by atoms with Crippen LogP contribution in [-0.2, 0) is 4.79 Å². The van der Waals surface area contributed by atoms with Crippen LogP contribution in [0.1, 0.15) is 64.7 Å². The molecule has 3 heteroatoms. The zero-order valence-electron chi connectivity index (χ0n) is 12.2. The third-order valence-corrected chi connectivity index (χ3v) is 5.44. The lowest BCUT2D eigenvalue weighted by Gasteiger charge is -2.25. The lowest BCUT2D eigenvalue weighted by Crippen LogP contribution is -2.48. The van der Waals surface area contributed by atoms with Gasteiger partial charge in [-0.1, -0.05) is 19.3 Å². The molecule has 3 aliphatic rings. The average Bonchev–Trinajstić information content (AvgIpc) is 3.29. The highest BCUT2D eigenvalue weighted by molar-refractivity contribution is 5.81. The van der Waals surface area contributed by atoms with E-state index < -0.39 is 0 Å². The minimum Gasteiger partial charge on any atom is -0.352 e. The van der Waals surface area contributed by atoms with Crippen molar-refractivity contribution in [1.29, 1.82) is 0 Å². The lowest BCUT2D eigenvalue weighted by molar-refractivity contribution is -0.123. The van der Waals surface area contributed by atoms with Crippen molar-refractivity contribution in [3.8, 4) is 0 Å². The van der Waals surface area contributed by atoms with Gasteiger partial charge in [0, 0.05) is 12.6 Å². The van der Waals surface area contributed by atoms with Gasteiger partial charge in [0.2, 0.25) is 5.91 Å². The Hall–Kier alpha value is -0.570. The van der Waals surface area contributed by atoms with Gasteiger partial charge in [-0.05, 0) is 56.8 Å². The van der Waals surface area contributed by atoms with Crippen LogP contribution >= 0.6 is 0 Å². The maximum Gasteiger partial charge on any atom is 0.237 e. The van der Waals surface area contributed by atoms with Gasteiger partial charge in [0.05, 0.1) is 6.04 Å². The Balaban J connectivity index is 1.39. The number of amides is 1. The monoisotopic (exact) mass is 264 g/mol. The van der Waals surface area contributed by atoms with E-state index in [4.69, 9.17) is 0 Å². The molecule has 0 heterocycles. The molecule has 2 N–H and O–H groups in total. The molecule has 3 saturated carbocycles. The summed E-state index contributed by atoms with van der Waals surface area (Å²) in [4.78, 5) is 12.2. The molecule has 3 nitrogen and oxygen atoms in total. The molecule has 108 valence electrons. The maximum atomic E-state index is 12.2. The van der Waals surface area contributed by atoms with Gasteiger partial charge < -0.3 is 10.6 Å². The van der Waals surface area contributed by atoms with Gasteiger partial charge in [-0.25, -0.2) is 0 Å². The van der Waals surface area contributed by atoms with Crippen molar-refractivity contribution in [2.45, 2.75) is 76.8 Å². The predicted molar refractivity (Wildman–Crippen MR) is 76.9 cm³/mol. The molecule has 0 radical (unpaired) electrons. The Morgan fingerprint density at radius 1 is 1.16 bits per heavy atom. The van der Waals surface area contributed by atoms with Crippen LogP contribution in [0.3, 0.4) is 0 Å². The van der Waals surface area contributed by atoms with E-state index in [0.717, 1.165) is 12.5 Å². The molecule has 3 rings (SSSR count). The number of carbonyl (C=O) groups excluding carboxylic acids is 1. The van der Waals surface area contributed by atoms with Gasteiger partial charge in [-0.15, -0.1) is 0 Å². The zero-order valence-corrected chi connectivity index (χ0v) is 12.2. The summed E-state index contributed by atoms with van der Waals surface area (Å²) in [6.45, 7) is 3.07. The largest absolute Gasteiger partial charge is 0.352 e. The van der Waals surface area contributed by atoms with Crippen molar-refractivity contribution in [3.05, 3.63) is 0 Å². The fourth-order valence-electron chi connectivity index (χ4n) is 3.61. The van der Waals surface area contributed by atoms with Gasteiger partial charge in [0.25, 0.3) is 0 Å². The van der Waals surface area contributed by atoms with E-state index in [9.17, 15) is 4.79 Å². The van der Waals surface area contributed by atoms with Crippen LogP contribution in [0.4, 0.5) is 0 Å². The quantitative estimate of drug-likeness (QED) is 0.774. The Bertz CT molecular complexity index is 328. The summed E-state index contributed by atoms with van der Waals surface area (Å²) in [5.41, 5.74) is 0.583. The first-order valence-electron chi connectivity index (χ1n) is 8.23. The molecule has 1 unspecified atom stereocenters. The molecule has 0 aromatic carbocycles. The van der Waals surface area contributed by atoms with E-state index in [-0.39, 0.29) is 11.9 Å². The predicted octanol–water partition coefficient (Wildman–Crippen LogP) is 2.60. The number of nitrogens with one attached hydrogen (secondary N) is 2. The van der Waals surface area contributed by atoms with Crippen molar-refractivity contribution in [3.63, 3.8) is 0 Å². The number of hydrogen-bond acceptors (Lipinski definition) is 2. The number of carbonyl (C=O) groups is 1. The highest BCUT2D eigenvalue weighted by atomic mass is 16.2. The normalized spacial score (nSPS) is 27.8. The van der Waals surface area contributed by atoms with Crippen molar-refractivity contribution >= 4 is 5.91 Å². The molecule has 0 bridgehead atoms. The van der Waals surface area contributed by atoms with Crippen molar-refractivity contribution in [2.75, 3.05) is 6.54 Å². The van der Waals surface area contributed by atoms with Crippen LogP contribution in [0.5, 0.6) is 0 Å². The molecule has 19 heavy (non-hydrogen) atoms. The summed E-state index contributed by atoms with van der Waals surface area (Å²) in [5, 5.41) is 6.70. The van der Waals surface area contributed by atoms with Crippen LogP contribution in [0.15, 0.2) is 0 Å². The summed E-state index contributed by atoms with van der Waals surface area (Å²) in [7, 11) is 0. The zero-order chi connectivity index (χ0) is 13.3. The smallest absolute Gasteiger partial charge is 0.237 e. The second-order valence-electron chi connectivity index (χ2n) is 7.08. The van der Waals surface area contributed by atoms with Gasteiger partial charge in [0.15, 0.2) is 0 Å². The summed E-state index contributed by atoms with van der Waals surface area (Å²) in [6, 6.07) is 0.405. The minimum atomic E-state index is -0.0295. The van der Waals surface area contributed by atoms with E-state index in [0.29, 0.717) is 11.5 Å². The van der Waals surface area contributed by atoms with Gasteiger partial charge >= 0.3 is 0 Å². The molecule has 0 aliphatic heterocycles. The summed E-state index contributed by atoms with van der Waals surface area (Å²) in [5.74, 6) is 1.17. The highest BCUT2D eigenvalue weighted by Gasteiger charge is 2.53. The number of hydrogen-bond donors (Lipinski definition) is 2. The Kier molecular flexibility index (Phi) is 3.84. The number of rotatable bonds is 6. The highest BCUT2D eigenvalue weighted by Crippen LogP contribution is 2.60. The van der Waals surface area contributed by atoms with Crippen LogP contribution in [0.25, 0.3) is 0 Å². The fraction of sp³-hybridized carbons (Fsp3) is 0.938. The topological polar surface area (TPSA) is 41.1 Å². The van der Waals surface area contributed by atoms with E-state index in [1.165, 1.54) is 57.8 Å². The third kappa shape index (κ3) is 3.31. The molecule has 0 aromatic rings. The van der Waals surface area contributed by atoms with Crippen LogP contribution in [0.2, 0.25) is 0 Å². The van der Waals surface area contributed by atoms with Crippen molar-refractivity contribution in [2.24, 2.45) is 11.3 Å². The molecule has 3 fully saturated rings. The molecule has 0 saturated heterocycles. The molecule has 1 atom stereocenters. The van der Waals surface area contributed by atoms with Crippen LogP contribution < -0.4 is 10.6 Å². The summed E-state index contributed by atoms with van der Waals surface area (Å²) >= 11 is 0. The molecular weight excluding hydrogens is 236 g/mol. The van der Waals surface area contributed by atoms with Crippen LogP contribution in [0, 0.1) is 11.3 Å². The fourth-order valence-corrected chi connectivity index (χ4v) is 3.61. The Labute approximate surface area is 116 Å². The average molecular weight is 264 g/mol. The van der Waals surface area contributed by atoms with Crippen molar-refractivity contribution < 1.29 is 4.79 Å². The maximum absolute atomic E-state index is 12.2. The van der Waals surface area contributed by atoms with Crippen molar-refractivity contribution in [1.82, 2.24) is 10.6 Å². The van der Waals surface area contributed by atoms with Gasteiger partial charge in [-0.2, -0.15) is 0 Å². The van der Waals surface area contributed by atoms with E-state index >= 15 is 0 Å². The first kappa shape index (κ1) is 13.4. The van der Waals surface area contributed by atoms with E-state index in [1.54, 1.807) is 0 Å². The molecule has 0 aromatic heterocycles. The summed E-state index contributed by atoms with van der Waals surface area (Å²) < 4.78 is 0. The van der Waals surface area contributed by atoms with E-state index in [2.05, 4.69) is 10.6 Å². The standard InChI is InChI=1S/C16H28N2O/c1-12(15(19)18-14-5-3-2-4-6-14)17-11-16(9-10-16)13-7-8-13/h12-14,17H,2-11H2,1H3,(H,18,19). The second-order valence-corrected chi connectivity index (χ2v) is 7.08. The van der Waals surface area contributed by atoms with Gasteiger partial charge in [0.1, 0.15) is 0 Å². The van der Waals surface area contributed by atoms with E-state index in [1.807, 2.05) is 6.92 Å². The minimum absolute atomic E-state index is 0.0295. The lowest BCUT2D eigenvalue weighted by atomic mass is 9.95. The molecule has 3 aliphatic carbocycles. The SMILES string of the molecule is CC(NCC1(C2CC2)CC1)C(=O)NC1CCCCC1. The second kappa shape index (κ2) is 5.43. The first-order chi connectivity index (χ1) is 9.20. The Morgan fingerprint density at radius 3 is 2.42 bits per heavy atom. The van der Waals surface area contributed by atoms with Gasteiger partial charge in [-0.3, -0.25) is 4.79 Å². The molecular formula is C16H28N2O. The van der Waals surface area contributed by atoms with Crippen LogP contribution in [-0.4, -0.2) is 24.5 Å². The Morgan fingerprint density at radius 2 is 1.84 bits per heavy atom. The summed E-state index contributed by atoms with van der Waals surface area (Å²) in [6.07, 6.45) is 11.8. The molecule has 1 amide bonds. The first-order valence-corrected chi connectivity index (χ1v) is 8.23.